The number of fused-ring (bicyclic) bond motifs is 4. The molecule has 2 aliphatic heterocycles. The highest BCUT2D eigenvalue weighted by atomic mass is 16.6. The second-order valence-electron chi connectivity index (χ2n) is 19.0. The Kier molecular flexibility index (Phi) is 13.7. The van der Waals surface area contributed by atoms with Crippen molar-refractivity contribution in [3.63, 3.8) is 0 Å². The van der Waals surface area contributed by atoms with Crippen molar-refractivity contribution in [2.45, 2.75) is 102 Å². The number of pyridine rings is 2. The van der Waals surface area contributed by atoms with Gasteiger partial charge in [0.2, 0.25) is 0 Å². The van der Waals surface area contributed by atoms with Crippen LogP contribution in [0.15, 0.2) is 109 Å². The van der Waals surface area contributed by atoms with Crippen LogP contribution >= 0.6 is 0 Å². The number of aromatic nitrogens is 2. The normalized spacial score (nSPS) is 18.2. The standard InChI is InChI=1S/C29H35N5O3.C24H27N5O/c1-29(2,3)37-28(36)34-16-14-21(15-17-34)30-27(35)31-22-10-12-24-20(18-22)9-13-26(32-24)33-25-11-8-19-6-4-5-7-23(19)25;30-24(26-18-11-13-25-14-12-18)27-19-7-9-21-17(15-19)6-10-23(28-21)29-22-8-5-16-3-1-2-4-20(16)22/h4-7,9-10,12-13,18,21,25H,8,11,14-17H2,1-3H3,(H,32,33)(H2,30,31,35);1-4,6-7,9-10,15,18,22,25H,5,8,11-14H2,(H,28,29)(H2,26,27,30)/t25-;22-/m11/s1. The number of aryl methyl sites for hydroxylation is 2. The zero-order chi connectivity index (χ0) is 46.3. The summed E-state index contributed by atoms with van der Waals surface area (Å²) in [7, 11) is 0. The first-order valence-electron chi connectivity index (χ1n) is 23.8. The SMILES string of the molecule is CC(C)(C)OC(=O)N1CCC(NC(=O)Nc2ccc3nc(N[C@@H]4CCc5ccccc54)ccc3c2)CC1.O=C(Nc1ccc2nc(N[C@@H]3CCc4ccccc43)ccc2c1)NC1CCNCC1. The topological polar surface area (TPSA) is 174 Å². The minimum atomic E-state index is -0.512. The third kappa shape index (κ3) is 11.7. The second-order valence-corrected chi connectivity index (χ2v) is 19.0. The number of benzene rings is 4. The van der Waals surface area contributed by atoms with E-state index in [0.717, 1.165) is 90.7 Å². The first-order chi connectivity index (χ1) is 32.5. The van der Waals surface area contributed by atoms with Crippen LogP contribution in [0.2, 0.25) is 0 Å². The van der Waals surface area contributed by atoms with E-state index in [-0.39, 0.29) is 36.3 Å². The molecular weight excluding hydrogens is 841 g/mol. The molecule has 0 saturated carbocycles. The number of urea groups is 2. The van der Waals surface area contributed by atoms with E-state index in [1.165, 1.54) is 22.3 Å². The smallest absolute Gasteiger partial charge is 0.410 e. The van der Waals surface area contributed by atoms with Crippen molar-refractivity contribution in [1.82, 2.24) is 30.8 Å². The number of hydrogen-bond donors (Lipinski definition) is 7. The zero-order valence-corrected chi connectivity index (χ0v) is 38.7. The van der Waals surface area contributed by atoms with Crippen LogP contribution in [0.4, 0.5) is 37.4 Å². The largest absolute Gasteiger partial charge is 0.444 e. The van der Waals surface area contributed by atoms with Crippen molar-refractivity contribution >= 4 is 63.0 Å². The number of rotatable bonds is 8. The van der Waals surface area contributed by atoms with Gasteiger partial charge in [-0.3, -0.25) is 0 Å². The van der Waals surface area contributed by atoms with Crippen LogP contribution < -0.4 is 37.2 Å². The summed E-state index contributed by atoms with van der Waals surface area (Å²) in [6, 6.07) is 37.3. The van der Waals surface area contributed by atoms with Gasteiger partial charge in [-0.1, -0.05) is 48.5 Å². The maximum atomic E-state index is 12.6. The fraction of sp³-hybridized carbons (Fsp3) is 0.377. The quantitative estimate of drug-likeness (QED) is 0.0785. The number of hydrogen-bond acceptors (Lipinski definition) is 9. The minimum absolute atomic E-state index is 0.00941. The number of ether oxygens (including phenoxy) is 1. The summed E-state index contributed by atoms with van der Waals surface area (Å²) in [6.07, 6.45) is 7.37. The van der Waals surface area contributed by atoms with Crippen LogP contribution in [-0.4, -0.2) is 76.9 Å². The second kappa shape index (κ2) is 20.3. The third-order valence-electron chi connectivity index (χ3n) is 13.0. The average molecular weight is 903 g/mol. The molecule has 2 aliphatic carbocycles. The van der Waals surface area contributed by atoms with Gasteiger partial charge in [0.25, 0.3) is 0 Å². The van der Waals surface area contributed by atoms with Gasteiger partial charge in [-0.15, -0.1) is 0 Å². The number of carbonyl (C=O) groups is 3. The van der Waals surface area contributed by atoms with Gasteiger partial charge in [0.05, 0.1) is 23.1 Å². The summed E-state index contributed by atoms with van der Waals surface area (Å²) >= 11 is 0. The molecule has 2 aromatic heterocycles. The Balaban J connectivity index is 0.000000171. The number of anilines is 4. The van der Waals surface area contributed by atoms with Crippen molar-refractivity contribution < 1.29 is 19.1 Å². The summed E-state index contributed by atoms with van der Waals surface area (Å²) in [5, 5.41) is 24.4. The Hall–Kier alpha value is -6.93. The van der Waals surface area contributed by atoms with Crippen LogP contribution in [0, 0.1) is 0 Å². The molecule has 0 unspecified atom stereocenters. The predicted molar refractivity (Wildman–Crippen MR) is 267 cm³/mol. The molecule has 5 amide bonds. The van der Waals surface area contributed by atoms with Crippen molar-refractivity contribution in [1.29, 1.82) is 0 Å². The number of piperidine rings is 2. The fourth-order valence-corrected chi connectivity index (χ4v) is 9.54. The van der Waals surface area contributed by atoms with Crippen LogP contribution in [0.3, 0.4) is 0 Å². The molecule has 348 valence electrons. The van der Waals surface area contributed by atoms with Crippen LogP contribution in [-0.2, 0) is 17.6 Å². The van der Waals surface area contributed by atoms with E-state index in [2.05, 4.69) is 91.8 Å². The summed E-state index contributed by atoms with van der Waals surface area (Å²) in [5.74, 6) is 1.74. The summed E-state index contributed by atoms with van der Waals surface area (Å²) in [6.45, 7) is 8.60. The number of amides is 5. The Morgan fingerprint density at radius 1 is 0.597 bits per heavy atom. The van der Waals surface area contributed by atoms with E-state index in [1.807, 2.05) is 75.4 Å². The molecule has 4 aromatic carbocycles. The maximum Gasteiger partial charge on any atom is 0.410 e. The molecule has 0 radical (unpaired) electrons. The summed E-state index contributed by atoms with van der Waals surface area (Å²) < 4.78 is 5.44. The first kappa shape index (κ1) is 45.2. The molecule has 67 heavy (non-hydrogen) atoms. The molecule has 14 nitrogen and oxygen atoms in total. The van der Waals surface area contributed by atoms with Crippen molar-refractivity contribution in [3.8, 4) is 0 Å². The van der Waals surface area contributed by atoms with E-state index in [0.29, 0.717) is 37.7 Å². The molecule has 6 aromatic rings. The molecule has 2 atom stereocenters. The van der Waals surface area contributed by atoms with Crippen LogP contribution in [0.25, 0.3) is 21.8 Å². The summed E-state index contributed by atoms with van der Waals surface area (Å²) in [5.41, 5.74) is 8.32. The lowest BCUT2D eigenvalue weighted by atomic mass is 10.1. The minimum Gasteiger partial charge on any atom is -0.444 e. The van der Waals surface area contributed by atoms with Crippen LogP contribution in [0.5, 0.6) is 0 Å². The van der Waals surface area contributed by atoms with Gasteiger partial charge in [0, 0.05) is 47.3 Å². The monoisotopic (exact) mass is 902 g/mol. The molecule has 14 heteroatoms. The molecule has 2 saturated heterocycles. The molecule has 7 N–H and O–H groups in total. The van der Waals surface area contributed by atoms with E-state index in [9.17, 15) is 14.4 Å². The molecule has 4 heterocycles. The average Bonchev–Trinajstić information content (AvgIpc) is 3.93. The lowest BCUT2D eigenvalue weighted by molar-refractivity contribution is 0.0202. The fourth-order valence-electron chi connectivity index (χ4n) is 9.54. The lowest BCUT2D eigenvalue weighted by Crippen LogP contribution is -2.48. The number of nitrogens with one attached hydrogen (secondary N) is 7. The molecule has 0 bridgehead atoms. The Morgan fingerprint density at radius 3 is 1.57 bits per heavy atom. The molecule has 2 fully saturated rings. The van der Waals surface area contributed by atoms with Gasteiger partial charge >= 0.3 is 18.2 Å². The van der Waals surface area contributed by atoms with Gasteiger partial charge < -0.3 is 46.9 Å². The summed E-state index contributed by atoms with van der Waals surface area (Å²) in [4.78, 5) is 48.4. The molecule has 4 aliphatic rings. The van der Waals surface area contributed by atoms with E-state index in [4.69, 9.17) is 14.7 Å². The maximum absolute atomic E-state index is 12.6. The highest BCUT2D eigenvalue weighted by molar-refractivity contribution is 5.94. The predicted octanol–water partition coefficient (Wildman–Crippen LogP) is 10.1. The van der Waals surface area contributed by atoms with Gasteiger partial charge in [-0.05, 0) is 168 Å². The first-order valence-corrected chi connectivity index (χ1v) is 23.8. The van der Waals surface area contributed by atoms with E-state index < -0.39 is 5.60 Å². The van der Waals surface area contributed by atoms with E-state index >= 15 is 0 Å². The number of nitrogens with zero attached hydrogens (tertiary/aromatic N) is 3. The van der Waals surface area contributed by atoms with Crippen molar-refractivity contribution in [3.05, 3.63) is 131 Å². The highest BCUT2D eigenvalue weighted by Crippen LogP contribution is 2.35. The number of carbonyl (C=O) groups excluding carboxylic acids is 3. The van der Waals surface area contributed by atoms with Crippen molar-refractivity contribution in [2.24, 2.45) is 0 Å². The van der Waals surface area contributed by atoms with Crippen LogP contribution in [0.1, 0.15) is 93.6 Å². The Bertz CT molecular complexity index is 2720. The lowest BCUT2D eigenvalue weighted by Gasteiger charge is -2.33. The van der Waals surface area contributed by atoms with Crippen molar-refractivity contribution in [2.75, 3.05) is 47.4 Å². The number of likely N-dealkylation sites (tertiary alicyclic amines) is 1. The van der Waals surface area contributed by atoms with E-state index in [1.54, 1.807) is 4.90 Å². The Morgan fingerprint density at radius 2 is 1.07 bits per heavy atom. The van der Waals surface area contributed by atoms with Gasteiger partial charge in [0.15, 0.2) is 0 Å². The Labute approximate surface area is 392 Å². The molecule has 0 spiro atoms. The van der Waals surface area contributed by atoms with Gasteiger partial charge in [0.1, 0.15) is 17.2 Å². The third-order valence-corrected chi connectivity index (χ3v) is 13.0. The molecule has 10 rings (SSSR count). The van der Waals surface area contributed by atoms with Gasteiger partial charge in [-0.25, -0.2) is 24.4 Å². The molecular formula is C53H62N10O4. The highest BCUT2D eigenvalue weighted by Gasteiger charge is 2.28. The van der Waals surface area contributed by atoms with Gasteiger partial charge in [-0.2, -0.15) is 0 Å². The zero-order valence-electron chi connectivity index (χ0n) is 38.7.